The smallest absolute Gasteiger partial charge is 0.323 e. The zero-order chi connectivity index (χ0) is 15.1. The third kappa shape index (κ3) is 5.40. The van der Waals surface area contributed by atoms with Crippen molar-refractivity contribution in [3.05, 3.63) is 35.9 Å². The molecule has 20 heavy (non-hydrogen) atoms. The van der Waals surface area contributed by atoms with Crippen molar-refractivity contribution in [3.8, 4) is 0 Å². The number of carbonyl (C=O) groups is 2. The molecule has 0 radical (unpaired) electrons. The Morgan fingerprint density at radius 2 is 1.85 bits per heavy atom. The van der Waals surface area contributed by atoms with Gasteiger partial charge >= 0.3 is 5.97 Å². The molecule has 0 saturated carbocycles. The van der Waals surface area contributed by atoms with Crippen LogP contribution in [0.15, 0.2) is 30.3 Å². The molecule has 1 aromatic carbocycles. The van der Waals surface area contributed by atoms with Crippen LogP contribution < -0.4 is 5.73 Å². The Kier molecular flexibility index (Phi) is 6.18. The van der Waals surface area contributed by atoms with Crippen LogP contribution in [-0.4, -0.2) is 41.0 Å². The lowest BCUT2D eigenvalue weighted by atomic mass is 10.0. The van der Waals surface area contributed by atoms with Gasteiger partial charge in [-0.05, 0) is 17.9 Å². The van der Waals surface area contributed by atoms with E-state index >= 15 is 0 Å². The zero-order valence-corrected chi connectivity index (χ0v) is 12.0. The fraction of sp³-hybridized carbons (Fsp3) is 0.467. The van der Waals surface area contributed by atoms with Crippen LogP contribution in [0.4, 0.5) is 0 Å². The van der Waals surface area contributed by atoms with E-state index in [-0.39, 0.29) is 18.4 Å². The van der Waals surface area contributed by atoms with E-state index in [1.165, 1.54) is 4.90 Å². The van der Waals surface area contributed by atoms with Crippen LogP contribution in [0, 0.1) is 5.92 Å². The highest BCUT2D eigenvalue weighted by molar-refractivity contribution is 5.85. The maximum Gasteiger partial charge on any atom is 0.323 e. The largest absolute Gasteiger partial charge is 0.480 e. The van der Waals surface area contributed by atoms with E-state index in [0.29, 0.717) is 13.0 Å². The van der Waals surface area contributed by atoms with Crippen molar-refractivity contribution in [2.45, 2.75) is 26.3 Å². The lowest BCUT2D eigenvalue weighted by Gasteiger charge is -2.25. The van der Waals surface area contributed by atoms with Gasteiger partial charge < -0.3 is 15.7 Å². The molecule has 0 unspecified atom stereocenters. The molecular weight excluding hydrogens is 256 g/mol. The summed E-state index contributed by atoms with van der Waals surface area (Å²) in [7, 11) is 0. The molecular formula is C15H22N2O3. The molecule has 0 aromatic heterocycles. The normalized spacial score (nSPS) is 12.2. The minimum atomic E-state index is -1.02. The molecule has 1 rings (SSSR count). The summed E-state index contributed by atoms with van der Waals surface area (Å²) in [5, 5.41) is 8.88. The van der Waals surface area contributed by atoms with Gasteiger partial charge in [-0.1, -0.05) is 44.2 Å². The molecule has 5 nitrogen and oxygen atoms in total. The molecule has 1 atom stereocenters. The number of nitrogens with two attached hydrogens (primary N) is 1. The second-order valence-electron chi connectivity index (χ2n) is 5.30. The SMILES string of the molecule is CC(C)CN(CC(=O)O)C(=O)[C@H](N)Cc1ccccc1. The fourth-order valence-electron chi connectivity index (χ4n) is 2.03. The van der Waals surface area contributed by atoms with Crippen molar-refractivity contribution in [1.82, 2.24) is 4.90 Å². The monoisotopic (exact) mass is 278 g/mol. The predicted molar refractivity (Wildman–Crippen MR) is 77.2 cm³/mol. The molecule has 0 bridgehead atoms. The van der Waals surface area contributed by atoms with Gasteiger partial charge in [-0.25, -0.2) is 0 Å². The molecule has 0 aliphatic carbocycles. The highest BCUT2D eigenvalue weighted by atomic mass is 16.4. The van der Waals surface area contributed by atoms with Crippen LogP contribution in [0.2, 0.25) is 0 Å². The molecule has 0 spiro atoms. The molecule has 1 amide bonds. The van der Waals surface area contributed by atoms with Crippen LogP contribution in [0.3, 0.4) is 0 Å². The van der Waals surface area contributed by atoms with Crippen molar-refractivity contribution in [2.75, 3.05) is 13.1 Å². The van der Waals surface area contributed by atoms with Crippen molar-refractivity contribution >= 4 is 11.9 Å². The number of rotatable bonds is 7. The van der Waals surface area contributed by atoms with E-state index in [2.05, 4.69) is 0 Å². The topological polar surface area (TPSA) is 83.6 Å². The van der Waals surface area contributed by atoms with Gasteiger partial charge in [-0.2, -0.15) is 0 Å². The van der Waals surface area contributed by atoms with Crippen molar-refractivity contribution in [1.29, 1.82) is 0 Å². The van der Waals surface area contributed by atoms with E-state index in [1.54, 1.807) is 0 Å². The Hall–Kier alpha value is -1.88. The van der Waals surface area contributed by atoms with Crippen LogP contribution in [-0.2, 0) is 16.0 Å². The average molecular weight is 278 g/mol. The minimum Gasteiger partial charge on any atom is -0.480 e. The van der Waals surface area contributed by atoms with Gasteiger partial charge in [0.25, 0.3) is 0 Å². The third-order valence-electron chi connectivity index (χ3n) is 2.84. The average Bonchev–Trinajstić information content (AvgIpc) is 2.37. The Morgan fingerprint density at radius 3 is 2.35 bits per heavy atom. The second-order valence-corrected chi connectivity index (χ2v) is 5.30. The second kappa shape index (κ2) is 7.65. The number of amides is 1. The van der Waals surface area contributed by atoms with Gasteiger partial charge in [0.15, 0.2) is 0 Å². The van der Waals surface area contributed by atoms with Crippen molar-refractivity contribution < 1.29 is 14.7 Å². The first kappa shape index (κ1) is 16.2. The summed E-state index contributed by atoms with van der Waals surface area (Å²) in [6, 6.07) is 8.75. The summed E-state index contributed by atoms with van der Waals surface area (Å²) >= 11 is 0. The number of nitrogens with zero attached hydrogens (tertiary/aromatic N) is 1. The minimum absolute atomic E-state index is 0.197. The maximum atomic E-state index is 12.3. The molecule has 1 aromatic rings. The lowest BCUT2D eigenvalue weighted by molar-refractivity contribution is -0.145. The fourth-order valence-corrected chi connectivity index (χ4v) is 2.03. The van der Waals surface area contributed by atoms with Crippen LogP contribution in [0.1, 0.15) is 19.4 Å². The van der Waals surface area contributed by atoms with Gasteiger partial charge in [0.05, 0.1) is 6.04 Å². The Bertz CT molecular complexity index is 446. The third-order valence-corrected chi connectivity index (χ3v) is 2.84. The van der Waals surface area contributed by atoms with Crippen LogP contribution in [0.25, 0.3) is 0 Å². The quantitative estimate of drug-likeness (QED) is 0.783. The highest BCUT2D eigenvalue weighted by Crippen LogP contribution is 2.06. The Labute approximate surface area is 119 Å². The standard InChI is InChI=1S/C15H22N2O3/c1-11(2)9-17(10-14(18)19)15(20)13(16)8-12-6-4-3-5-7-12/h3-7,11,13H,8-10,16H2,1-2H3,(H,18,19)/t13-/m1/s1. The van der Waals surface area contributed by atoms with Crippen molar-refractivity contribution in [2.24, 2.45) is 11.7 Å². The summed E-state index contributed by atoms with van der Waals surface area (Å²) in [6.07, 6.45) is 0.411. The van der Waals surface area contributed by atoms with Gasteiger partial charge in [-0.15, -0.1) is 0 Å². The van der Waals surface area contributed by atoms with E-state index in [1.807, 2.05) is 44.2 Å². The first-order chi connectivity index (χ1) is 9.40. The summed E-state index contributed by atoms with van der Waals surface area (Å²) in [4.78, 5) is 24.4. The van der Waals surface area contributed by atoms with E-state index in [4.69, 9.17) is 10.8 Å². The highest BCUT2D eigenvalue weighted by Gasteiger charge is 2.23. The van der Waals surface area contributed by atoms with E-state index in [0.717, 1.165) is 5.56 Å². The Morgan fingerprint density at radius 1 is 1.25 bits per heavy atom. The first-order valence-electron chi connectivity index (χ1n) is 6.70. The number of hydrogen-bond acceptors (Lipinski definition) is 3. The van der Waals surface area contributed by atoms with Gasteiger partial charge in [0.1, 0.15) is 6.54 Å². The number of benzene rings is 1. The summed E-state index contributed by atoms with van der Waals surface area (Å²) in [5.74, 6) is -1.14. The molecule has 110 valence electrons. The summed E-state index contributed by atoms with van der Waals surface area (Å²) in [5.41, 5.74) is 6.88. The van der Waals surface area contributed by atoms with Crippen LogP contribution >= 0.6 is 0 Å². The lowest BCUT2D eigenvalue weighted by Crippen LogP contribution is -2.48. The van der Waals surface area contributed by atoms with Crippen molar-refractivity contribution in [3.63, 3.8) is 0 Å². The van der Waals surface area contributed by atoms with Gasteiger partial charge in [0.2, 0.25) is 5.91 Å². The van der Waals surface area contributed by atoms with Crippen LogP contribution in [0.5, 0.6) is 0 Å². The molecule has 0 heterocycles. The zero-order valence-electron chi connectivity index (χ0n) is 12.0. The van der Waals surface area contributed by atoms with E-state index < -0.39 is 12.0 Å². The predicted octanol–water partition coefficient (Wildman–Crippen LogP) is 1.13. The van der Waals surface area contributed by atoms with Gasteiger partial charge in [-0.3, -0.25) is 9.59 Å². The first-order valence-corrected chi connectivity index (χ1v) is 6.70. The molecule has 5 heteroatoms. The van der Waals surface area contributed by atoms with E-state index in [9.17, 15) is 9.59 Å². The molecule has 0 aliphatic rings. The number of carboxylic acid groups (broad SMARTS) is 1. The Balaban J connectivity index is 2.69. The summed E-state index contributed by atoms with van der Waals surface area (Å²) < 4.78 is 0. The molecule has 0 saturated heterocycles. The van der Waals surface area contributed by atoms with Gasteiger partial charge in [0, 0.05) is 6.54 Å². The molecule has 0 fully saturated rings. The number of carboxylic acids is 1. The maximum absolute atomic E-state index is 12.3. The number of carbonyl (C=O) groups excluding carboxylic acids is 1. The molecule has 3 N–H and O–H groups in total. The molecule has 0 aliphatic heterocycles. The summed E-state index contributed by atoms with van der Waals surface area (Å²) in [6.45, 7) is 3.96. The number of aliphatic carboxylic acids is 1. The number of hydrogen-bond donors (Lipinski definition) is 2.